The molecule has 10 heteroatoms. The molecule has 0 spiro atoms. The van der Waals surface area contributed by atoms with Crippen LogP contribution in [0.1, 0.15) is 213 Å². The Morgan fingerprint density at radius 3 is 1.43 bits per heavy atom. The molecular weight excluding hydrogens is 699 g/mol. The minimum absolute atomic E-state index is 0.0379. The van der Waals surface area contributed by atoms with Crippen LogP contribution >= 0.6 is 7.82 Å². The summed E-state index contributed by atoms with van der Waals surface area (Å²) in [5.74, 6) is 0.493. The standard InChI is InChI=1S/C44H91N2O7P/c1-7-8-9-10-11-12-13-14-15-16-17-18-19-20-21-22-27-30-33-36-43(48)45-41(39-53-54(50,51)52-38-37-46(4,5)6)44(49)42(47)35-32-29-26-24-23-25-28-31-34-40(2)3/h40-42,44,47,49H,7-39H2,1-6H3,(H-,45,48,50,51)/t41-,42+,44-/m0/s1. The lowest BCUT2D eigenvalue weighted by atomic mass is 9.99. The summed E-state index contributed by atoms with van der Waals surface area (Å²) in [4.78, 5) is 25.4. The third kappa shape index (κ3) is 37.1. The molecule has 3 N–H and O–H groups in total. The maximum atomic E-state index is 12.9. The zero-order valence-electron chi connectivity index (χ0n) is 36.5. The molecule has 1 unspecified atom stereocenters. The number of carbonyl (C=O) groups excluding carboxylic acids is 1. The predicted octanol–water partition coefficient (Wildman–Crippen LogP) is 10.8. The third-order valence-electron chi connectivity index (χ3n) is 10.6. The van der Waals surface area contributed by atoms with Crippen LogP contribution in [-0.2, 0) is 18.4 Å². The molecule has 324 valence electrons. The van der Waals surface area contributed by atoms with Gasteiger partial charge in [0.15, 0.2) is 0 Å². The van der Waals surface area contributed by atoms with Crippen molar-refractivity contribution in [2.24, 2.45) is 5.92 Å². The van der Waals surface area contributed by atoms with Crippen LogP contribution in [0.15, 0.2) is 0 Å². The number of carbonyl (C=O) groups is 1. The average Bonchev–Trinajstić information content (AvgIpc) is 3.10. The van der Waals surface area contributed by atoms with Gasteiger partial charge in [-0.1, -0.05) is 194 Å². The number of unbranched alkanes of at least 4 members (excludes halogenated alkanes) is 25. The summed E-state index contributed by atoms with van der Waals surface area (Å²) < 4.78 is 23.1. The van der Waals surface area contributed by atoms with Crippen LogP contribution in [0.5, 0.6) is 0 Å². The maximum Gasteiger partial charge on any atom is 0.268 e. The van der Waals surface area contributed by atoms with Gasteiger partial charge in [0.2, 0.25) is 5.91 Å². The van der Waals surface area contributed by atoms with Crippen molar-refractivity contribution in [3.8, 4) is 0 Å². The highest BCUT2D eigenvalue weighted by Crippen LogP contribution is 2.38. The summed E-state index contributed by atoms with van der Waals surface area (Å²) in [6.45, 7) is 6.74. The van der Waals surface area contributed by atoms with Crippen LogP contribution < -0.4 is 10.2 Å². The van der Waals surface area contributed by atoms with E-state index in [0.29, 0.717) is 17.4 Å². The molecule has 0 rings (SSSR count). The van der Waals surface area contributed by atoms with Gasteiger partial charge < -0.3 is 34.0 Å². The smallest absolute Gasteiger partial charge is 0.268 e. The molecule has 1 amide bonds. The fourth-order valence-corrected chi connectivity index (χ4v) is 7.63. The van der Waals surface area contributed by atoms with E-state index in [1.165, 1.54) is 141 Å². The van der Waals surface area contributed by atoms with E-state index in [-0.39, 0.29) is 18.9 Å². The lowest BCUT2D eigenvalue weighted by Gasteiger charge is -2.31. The van der Waals surface area contributed by atoms with E-state index >= 15 is 0 Å². The highest BCUT2D eigenvalue weighted by Gasteiger charge is 2.29. The Morgan fingerprint density at radius 2 is 1.02 bits per heavy atom. The molecule has 0 heterocycles. The van der Waals surface area contributed by atoms with Gasteiger partial charge in [0, 0.05) is 6.42 Å². The topological polar surface area (TPSA) is 128 Å². The van der Waals surface area contributed by atoms with E-state index in [1.54, 1.807) is 0 Å². The minimum atomic E-state index is -4.66. The van der Waals surface area contributed by atoms with Crippen LogP contribution in [0, 0.1) is 5.92 Å². The van der Waals surface area contributed by atoms with Gasteiger partial charge in [0.25, 0.3) is 7.82 Å². The number of phosphoric ester groups is 1. The van der Waals surface area contributed by atoms with Crippen molar-refractivity contribution >= 4 is 13.7 Å². The van der Waals surface area contributed by atoms with Gasteiger partial charge >= 0.3 is 0 Å². The molecule has 0 aromatic carbocycles. The highest BCUT2D eigenvalue weighted by molar-refractivity contribution is 7.45. The van der Waals surface area contributed by atoms with Crippen molar-refractivity contribution in [3.63, 3.8) is 0 Å². The van der Waals surface area contributed by atoms with E-state index in [2.05, 4.69) is 26.1 Å². The van der Waals surface area contributed by atoms with Crippen molar-refractivity contribution in [1.29, 1.82) is 0 Å². The molecule has 0 aliphatic heterocycles. The molecule has 54 heavy (non-hydrogen) atoms. The third-order valence-corrected chi connectivity index (χ3v) is 11.6. The highest BCUT2D eigenvalue weighted by atomic mass is 31.2. The summed E-state index contributed by atoms with van der Waals surface area (Å²) in [7, 11) is 1.13. The second-order valence-electron chi connectivity index (χ2n) is 17.7. The molecule has 4 atom stereocenters. The van der Waals surface area contributed by atoms with Crippen molar-refractivity contribution in [1.82, 2.24) is 5.32 Å². The zero-order valence-corrected chi connectivity index (χ0v) is 37.4. The van der Waals surface area contributed by atoms with E-state index in [9.17, 15) is 24.5 Å². The first-order chi connectivity index (χ1) is 25.8. The molecule has 0 fully saturated rings. The van der Waals surface area contributed by atoms with Gasteiger partial charge in [0.1, 0.15) is 19.3 Å². The molecular formula is C44H91N2O7P. The molecule has 0 aliphatic rings. The molecule has 9 nitrogen and oxygen atoms in total. The number of amides is 1. The quantitative estimate of drug-likeness (QED) is 0.0319. The summed E-state index contributed by atoms with van der Waals surface area (Å²) in [5, 5.41) is 24.6. The fraction of sp³-hybridized carbons (Fsp3) is 0.977. The molecule has 0 radical (unpaired) electrons. The summed E-state index contributed by atoms with van der Waals surface area (Å²) >= 11 is 0. The monoisotopic (exact) mass is 791 g/mol. The lowest BCUT2D eigenvalue weighted by Crippen LogP contribution is -2.51. The number of hydrogen-bond donors (Lipinski definition) is 3. The Labute approximate surface area is 334 Å². The molecule has 0 aliphatic carbocycles. The molecule has 0 aromatic rings. The van der Waals surface area contributed by atoms with E-state index in [4.69, 9.17) is 9.05 Å². The second-order valence-corrected chi connectivity index (χ2v) is 19.1. The largest absolute Gasteiger partial charge is 0.756 e. The van der Waals surface area contributed by atoms with Gasteiger partial charge in [-0.2, -0.15) is 0 Å². The first-order valence-corrected chi connectivity index (χ1v) is 24.3. The molecule has 0 saturated heterocycles. The average molecular weight is 791 g/mol. The molecule has 0 bridgehead atoms. The van der Waals surface area contributed by atoms with Crippen molar-refractivity contribution in [2.45, 2.75) is 232 Å². The van der Waals surface area contributed by atoms with Gasteiger partial charge in [-0.3, -0.25) is 9.36 Å². The number of likely N-dealkylation sites (N-methyl/N-ethyl adjacent to an activating group) is 1. The molecule has 0 aromatic heterocycles. The van der Waals surface area contributed by atoms with Gasteiger partial charge in [0.05, 0.1) is 39.9 Å². The SMILES string of the molecule is CCCCCCCCCCCCCCCCCCCCCC(=O)N[C@@H](COP(=O)([O-])OCC[N+](C)(C)C)[C@H](O)[C@H](O)CCCCCCCCCCC(C)C. The number of rotatable bonds is 41. The first-order valence-electron chi connectivity index (χ1n) is 22.8. The first kappa shape index (κ1) is 53.5. The zero-order chi connectivity index (χ0) is 40.3. The maximum absolute atomic E-state index is 12.9. The van der Waals surface area contributed by atoms with Gasteiger partial charge in [-0.25, -0.2) is 0 Å². The Balaban J connectivity index is 4.39. The summed E-state index contributed by atoms with van der Waals surface area (Å²) in [6, 6.07) is -1.07. The number of aliphatic hydroxyl groups is 2. The number of quaternary nitrogens is 1. The van der Waals surface area contributed by atoms with Crippen LogP contribution in [0.25, 0.3) is 0 Å². The molecule has 0 saturated carbocycles. The van der Waals surface area contributed by atoms with E-state index in [0.717, 1.165) is 44.4 Å². The lowest BCUT2D eigenvalue weighted by molar-refractivity contribution is -0.870. The number of nitrogens with zero attached hydrogens (tertiary/aromatic N) is 1. The number of aliphatic hydroxyl groups excluding tert-OH is 2. The van der Waals surface area contributed by atoms with Gasteiger partial charge in [-0.05, 0) is 18.8 Å². The normalized spacial score (nSPS) is 15.0. The van der Waals surface area contributed by atoms with Crippen LogP contribution in [0.3, 0.4) is 0 Å². The second kappa shape index (κ2) is 35.6. The van der Waals surface area contributed by atoms with Crippen molar-refractivity contribution in [2.75, 3.05) is 40.9 Å². The minimum Gasteiger partial charge on any atom is -0.756 e. The van der Waals surface area contributed by atoms with Crippen molar-refractivity contribution < 1.29 is 38.0 Å². The Kier molecular flexibility index (Phi) is 35.3. The Bertz CT molecular complexity index is 885. The van der Waals surface area contributed by atoms with Gasteiger partial charge in [-0.15, -0.1) is 0 Å². The van der Waals surface area contributed by atoms with E-state index < -0.39 is 32.7 Å². The summed E-state index contributed by atoms with van der Waals surface area (Å²) in [5.41, 5.74) is 0. The Hall–Kier alpha value is -0.540. The van der Waals surface area contributed by atoms with Crippen LogP contribution in [0.2, 0.25) is 0 Å². The van der Waals surface area contributed by atoms with E-state index in [1.807, 2.05) is 21.1 Å². The summed E-state index contributed by atoms with van der Waals surface area (Å²) in [6.07, 6.45) is 32.9. The van der Waals surface area contributed by atoms with Crippen LogP contribution in [-0.4, -0.2) is 79.8 Å². The predicted molar refractivity (Wildman–Crippen MR) is 225 cm³/mol. The number of phosphoric acid groups is 1. The number of hydrogen-bond acceptors (Lipinski definition) is 7. The number of nitrogens with one attached hydrogen (secondary N) is 1. The fourth-order valence-electron chi connectivity index (χ4n) is 6.91. The Morgan fingerprint density at radius 1 is 0.630 bits per heavy atom. The van der Waals surface area contributed by atoms with Crippen molar-refractivity contribution in [3.05, 3.63) is 0 Å². The van der Waals surface area contributed by atoms with Crippen LogP contribution in [0.4, 0.5) is 0 Å².